The normalized spacial score (nSPS) is 10.4. The molecule has 0 saturated heterocycles. The molecule has 0 bridgehead atoms. The zero-order chi connectivity index (χ0) is 11.7. The number of hydrogen-bond acceptors (Lipinski definition) is 3. The van der Waals surface area contributed by atoms with Crippen molar-refractivity contribution >= 4 is 5.97 Å². The molecule has 2 aromatic heterocycles. The topological polar surface area (TPSA) is 68.0 Å². The SMILES string of the molecule is Cc1cccc(-c2c(C(=O)O)cnn2C)n1. The number of rotatable bonds is 2. The molecule has 2 heterocycles. The predicted molar refractivity (Wildman–Crippen MR) is 58.1 cm³/mol. The average molecular weight is 217 g/mol. The Morgan fingerprint density at radius 3 is 2.81 bits per heavy atom. The molecule has 5 nitrogen and oxygen atoms in total. The van der Waals surface area contributed by atoms with Crippen molar-refractivity contribution < 1.29 is 9.90 Å². The number of carbonyl (C=O) groups is 1. The van der Waals surface area contributed by atoms with E-state index >= 15 is 0 Å². The van der Waals surface area contributed by atoms with Gasteiger partial charge in [-0.05, 0) is 19.1 Å². The highest BCUT2D eigenvalue weighted by molar-refractivity contribution is 5.94. The van der Waals surface area contributed by atoms with Crippen LogP contribution in [0.15, 0.2) is 24.4 Å². The molecule has 0 spiro atoms. The number of aromatic carboxylic acids is 1. The molecule has 0 amide bonds. The quantitative estimate of drug-likeness (QED) is 0.827. The van der Waals surface area contributed by atoms with E-state index in [-0.39, 0.29) is 5.56 Å². The Labute approximate surface area is 92.4 Å². The van der Waals surface area contributed by atoms with Gasteiger partial charge in [0.05, 0.1) is 11.9 Å². The summed E-state index contributed by atoms with van der Waals surface area (Å²) < 4.78 is 1.52. The Balaban J connectivity index is 2.63. The molecule has 82 valence electrons. The van der Waals surface area contributed by atoms with Crippen LogP contribution in [0.1, 0.15) is 16.1 Å². The Kier molecular flexibility index (Phi) is 2.44. The van der Waals surface area contributed by atoms with Crippen LogP contribution in [0.2, 0.25) is 0 Å². The van der Waals surface area contributed by atoms with E-state index in [4.69, 9.17) is 5.11 Å². The van der Waals surface area contributed by atoms with Crippen molar-refractivity contribution in [2.45, 2.75) is 6.92 Å². The number of hydrogen-bond donors (Lipinski definition) is 1. The van der Waals surface area contributed by atoms with Gasteiger partial charge in [0.15, 0.2) is 0 Å². The maximum atomic E-state index is 11.0. The summed E-state index contributed by atoms with van der Waals surface area (Å²) in [6.45, 7) is 1.86. The van der Waals surface area contributed by atoms with E-state index in [2.05, 4.69) is 10.1 Å². The van der Waals surface area contributed by atoms with Crippen LogP contribution in [0, 0.1) is 6.92 Å². The van der Waals surface area contributed by atoms with Crippen molar-refractivity contribution in [1.29, 1.82) is 0 Å². The van der Waals surface area contributed by atoms with Crippen molar-refractivity contribution in [3.8, 4) is 11.4 Å². The third-order valence-corrected chi connectivity index (χ3v) is 2.30. The maximum absolute atomic E-state index is 11.0. The summed E-state index contributed by atoms with van der Waals surface area (Å²) in [7, 11) is 1.70. The van der Waals surface area contributed by atoms with Crippen molar-refractivity contribution in [2.75, 3.05) is 0 Å². The number of aromatic nitrogens is 3. The lowest BCUT2D eigenvalue weighted by atomic mass is 10.1. The second-order valence-corrected chi connectivity index (χ2v) is 3.50. The van der Waals surface area contributed by atoms with E-state index in [0.717, 1.165) is 5.69 Å². The Morgan fingerprint density at radius 1 is 1.44 bits per heavy atom. The molecule has 0 aliphatic rings. The number of carboxylic acids is 1. The molecule has 0 aliphatic carbocycles. The molecule has 0 aliphatic heterocycles. The minimum atomic E-state index is -0.994. The number of pyridine rings is 1. The smallest absolute Gasteiger partial charge is 0.339 e. The molecule has 0 unspecified atom stereocenters. The van der Waals surface area contributed by atoms with Gasteiger partial charge in [0.25, 0.3) is 0 Å². The minimum Gasteiger partial charge on any atom is -0.478 e. The first-order chi connectivity index (χ1) is 7.59. The average Bonchev–Trinajstić information content (AvgIpc) is 2.60. The largest absolute Gasteiger partial charge is 0.478 e. The highest BCUT2D eigenvalue weighted by Crippen LogP contribution is 2.21. The van der Waals surface area contributed by atoms with Crippen LogP contribution in [0.5, 0.6) is 0 Å². The molecule has 0 atom stereocenters. The van der Waals surface area contributed by atoms with E-state index in [0.29, 0.717) is 11.4 Å². The predicted octanol–water partition coefficient (Wildman–Crippen LogP) is 1.49. The zero-order valence-electron chi connectivity index (χ0n) is 9.01. The van der Waals surface area contributed by atoms with Crippen molar-refractivity contribution in [3.05, 3.63) is 35.7 Å². The van der Waals surface area contributed by atoms with Gasteiger partial charge in [0.2, 0.25) is 0 Å². The lowest BCUT2D eigenvalue weighted by Crippen LogP contribution is -2.02. The van der Waals surface area contributed by atoms with E-state index < -0.39 is 5.97 Å². The highest BCUT2D eigenvalue weighted by Gasteiger charge is 2.17. The van der Waals surface area contributed by atoms with Gasteiger partial charge in [0.1, 0.15) is 11.3 Å². The van der Waals surface area contributed by atoms with E-state index in [1.807, 2.05) is 19.1 Å². The molecule has 2 rings (SSSR count). The Bertz CT molecular complexity index is 546. The first-order valence-corrected chi connectivity index (χ1v) is 4.79. The van der Waals surface area contributed by atoms with Gasteiger partial charge in [-0.3, -0.25) is 9.67 Å². The molecule has 0 aromatic carbocycles. The molecule has 0 fully saturated rings. The summed E-state index contributed by atoms with van der Waals surface area (Å²) in [5.74, 6) is -0.994. The van der Waals surface area contributed by atoms with Crippen molar-refractivity contribution in [2.24, 2.45) is 7.05 Å². The lowest BCUT2D eigenvalue weighted by molar-refractivity contribution is 0.0697. The standard InChI is InChI=1S/C11H11N3O2/c1-7-4-3-5-9(13-7)10-8(11(15)16)6-12-14(10)2/h3-6H,1-2H3,(H,15,16). The summed E-state index contributed by atoms with van der Waals surface area (Å²) in [5.41, 5.74) is 2.16. The molecule has 0 radical (unpaired) electrons. The number of aryl methyl sites for hydroxylation is 2. The van der Waals surface area contributed by atoms with Gasteiger partial charge in [-0.15, -0.1) is 0 Å². The van der Waals surface area contributed by atoms with Gasteiger partial charge in [0, 0.05) is 12.7 Å². The van der Waals surface area contributed by atoms with Crippen molar-refractivity contribution in [3.63, 3.8) is 0 Å². The fourth-order valence-electron chi connectivity index (χ4n) is 1.57. The zero-order valence-corrected chi connectivity index (χ0v) is 9.01. The first kappa shape index (κ1) is 10.4. The Morgan fingerprint density at radius 2 is 2.19 bits per heavy atom. The molecule has 1 N–H and O–H groups in total. The third kappa shape index (κ3) is 1.67. The van der Waals surface area contributed by atoms with Gasteiger partial charge < -0.3 is 5.11 Å². The van der Waals surface area contributed by atoms with E-state index in [1.54, 1.807) is 13.1 Å². The van der Waals surface area contributed by atoms with Gasteiger partial charge in [-0.25, -0.2) is 4.79 Å². The molecule has 5 heteroatoms. The molecular weight excluding hydrogens is 206 g/mol. The molecular formula is C11H11N3O2. The summed E-state index contributed by atoms with van der Waals surface area (Å²) in [6.07, 6.45) is 1.34. The second-order valence-electron chi connectivity index (χ2n) is 3.50. The summed E-state index contributed by atoms with van der Waals surface area (Å²) >= 11 is 0. The summed E-state index contributed by atoms with van der Waals surface area (Å²) in [4.78, 5) is 15.3. The molecule has 2 aromatic rings. The second kappa shape index (κ2) is 3.77. The van der Waals surface area contributed by atoms with Gasteiger partial charge in [-0.2, -0.15) is 5.10 Å². The van der Waals surface area contributed by atoms with E-state index in [1.165, 1.54) is 10.9 Å². The highest BCUT2D eigenvalue weighted by atomic mass is 16.4. The Hall–Kier alpha value is -2.17. The van der Waals surface area contributed by atoms with E-state index in [9.17, 15) is 4.79 Å². The van der Waals surface area contributed by atoms with Crippen LogP contribution >= 0.6 is 0 Å². The van der Waals surface area contributed by atoms with Gasteiger partial charge in [-0.1, -0.05) is 6.07 Å². The minimum absolute atomic E-state index is 0.167. The number of nitrogens with zero attached hydrogens (tertiary/aromatic N) is 3. The van der Waals surface area contributed by atoms with Crippen LogP contribution in [0.3, 0.4) is 0 Å². The monoisotopic (exact) mass is 217 g/mol. The fraction of sp³-hybridized carbons (Fsp3) is 0.182. The lowest BCUT2D eigenvalue weighted by Gasteiger charge is -2.03. The van der Waals surface area contributed by atoms with Crippen molar-refractivity contribution in [1.82, 2.24) is 14.8 Å². The number of carboxylic acid groups (broad SMARTS) is 1. The van der Waals surface area contributed by atoms with Crippen LogP contribution in [0.4, 0.5) is 0 Å². The van der Waals surface area contributed by atoms with Crippen LogP contribution in [-0.4, -0.2) is 25.8 Å². The fourth-order valence-corrected chi connectivity index (χ4v) is 1.57. The molecule has 16 heavy (non-hydrogen) atoms. The van der Waals surface area contributed by atoms with Crippen LogP contribution in [-0.2, 0) is 7.05 Å². The summed E-state index contributed by atoms with van der Waals surface area (Å²) in [6, 6.07) is 5.48. The molecule has 0 saturated carbocycles. The van der Waals surface area contributed by atoms with Crippen LogP contribution in [0.25, 0.3) is 11.4 Å². The third-order valence-electron chi connectivity index (χ3n) is 2.30. The van der Waals surface area contributed by atoms with Gasteiger partial charge >= 0.3 is 5.97 Å². The maximum Gasteiger partial charge on any atom is 0.339 e. The first-order valence-electron chi connectivity index (χ1n) is 4.79. The van der Waals surface area contributed by atoms with Crippen LogP contribution < -0.4 is 0 Å². The summed E-state index contributed by atoms with van der Waals surface area (Å²) in [5, 5.41) is 13.0.